The zero-order valence-electron chi connectivity index (χ0n) is 24.2. The Balaban J connectivity index is 1.16. The molecule has 1 aliphatic heterocycles. The molecule has 1 aromatic heterocycles. The van der Waals surface area contributed by atoms with Crippen LogP contribution in [0.5, 0.6) is 0 Å². The highest BCUT2D eigenvalue weighted by atomic mass is 16.5. The van der Waals surface area contributed by atoms with Gasteiger partial charge < -0.3 is 4.74 Å². The van der Waals surface area contributed by atoms with E-state index in [9.17, 15) is 19.2 Å². The Kier molecular flexibility index (Phi) is 6.34. The number of esters is 1. The van der Waals surface area contributed by atoms with E-state index >= 15 is 0 Å². The van der Waals surface area contributed by atoms with Gasteiger partial charge >= 0.3 is 5.97 Å². The molecule has 4 atom stereocenters. The van der Waals surface area contributed by atoms with E-state index in [1.165, 1.54) is 4.90 Å². The van der Waals surface area contributed by atoms with Crippen LogP contribution in [0.4, 0.5) is 5.69 Å². The molecule has 7 rings (SSSR count). The fraction of sp³-hybridized carbons (Fsp3) is 0.250. The van der Waals surface area contributed by atoms with Gasteiger partial charge in [0, 0.05) is 16.5 Å². The second kappa shape index (κ2) is 10.1. The topological polar surface area (TPSA) is 93.6 Å². The lowest BCUT2D eigenvalue weighted by atomic mass is 9.85. The fourth-order valence-corrected chi connectivity index (χ4v) is 6.80. The van der Waals surface area contributed by atoms with Crippen LogP contribution in [0.15, 0.2) is 78.9 Å². The number of aryl methyl sites for hydroxylation is 3. The highest BCUT2D eigenvalue weighted by molar-refractivity contribution is 6.22. The summed E-state index contributed by atoms with van der Waals surface area (Å²) in [7, 11) is 0. The molecule has 4 aromatic rings. The first-order valence-electron chi connectivity index (χ1n) is 14.5. The molecule has 43 heavy (non-hydrogen) atoms. The SMILES string of the molecule is Cc1ccc2nc(-c3ccc(N4C(=O)C5C6C=CC(C6)C5C4=O)cc3)cc(C(=O)OCC(=O)c3ccc(C)c(C)c3)c2c1. The number of rotatable bonds is 6. The van der Waals surface area contributed by atoms with Crippen LogP contribution in [0.3, 0.4) is 0 Å². The van der Waals surface area contributed by atoms with E-state index in [0.29, 0.717) is 39.0 Å². The molecule has 2 bridgehead atoms. The zero-order valence-corrected chi connectivity index (χ0v) is 24.2. The molecule has 7 nitrogen and oxygen atoms in total. The smallest absolute Gasteiger partial charge is 0.339 e. The third-order valence-electron chi connectivity index (χ3n) is 9.24. The first-order chi connectivity index (χ1) is 20.7. The predicted molar refractivity (Wildman–Crippen MR) is 163 cm³/mol. The van der Waals surface area contributed by atoms with E-state index < -0.39 is 5.97 Å². The summed E-state index contributed by atoms with van der Waals surface area (Å²) in [5.41, 5.74) is 6.23. The van der Waals surface area contributed by atoms with Gasteiger partial charge in [0.2, 0.25) is 11.8 Å². The number of hydrogen-bond donors (Lipinski definition) is 0. The van der Waals surface area contributed by atoms with Gasteiger partial charge in [-0.1, -0.05) is 48.0 Å². The summed E-state index contributed by atoms with van der Waals surface area (Å²) in [5.74, 6) is -1.37. The number of allylic oxidation sites excluding steroid dienone is 2. The van der Waals surface area contributed by atoms with Gasteiger partial charge in [0.05, 0.1) is 34.3 Å². The number of ether oxygens (including phenoxy) is 1. The summed E-state index contributed by atoms with van der Waals surface area (Å²) in [6.07, 6.45) is 5.05. The van der Waals surface area contributed by atoms with E-state index in [-0.39, 0.29) is 47.9 Å². The maximum absolute atomic E-state index is 13.4. The number of amides is 2. The van der Waals surface area contributed by atoms with Gasteiger partial charge in [-0.2, -0.15) is 0 Å². The molecule has 2 amide bonds. The van der Waals surface area contributed by atoms with E-state index in [4.69, 9.17) is 9.72 Å². The normalized spacial score (nSPS) is 22.0. The number of anilines is 1. The largest absolute Gasteiger partial charge is 0.454 e. The van der Waals surface area contributed by atoms with Crippen molar-refractivity contribution in [3.8, 4) is 11.3 Å². The lowest BCUT2D eigenvalue weighted by Crippen LogP contribution is -2.32. The predicted octanol–water partition coefficient (Wildman–Crippen LogP) is 6.18. The Bertz CT molecular complexity index is 1860. The summed E-state index contributed by atoms with van der Waals surface area (Å²) in [6, 6.07) is 19.8. The van der Waals surface area contributed by atoms with Gasteiger partial charge in [-0.15, -0.1) is 0 Å². The summed E-state index contributed by atoms with van der Waals surface area (Å²) >= 11 is 0. The van der Waals surface area contributed by atoms with Crippen LogP contribution in [0.25, 0.3) is 22.2 Å². The number of carbonyl (C=O) groups is 4. The van der Waals surface area contributed by atoms with Crippen LogP contribution < -0.4 is 4.90 Å². The van der Waals surface area contributed by atoms with Gasteiger partial charge in [0.15, 0.2) is 12.4 Å². The molecule has 2 aliphatic carbocycles. The molecule has 1 saturated carbocycles. The number of pyridine rings is 1. The van der Waals surface area contributed by atoms with Gasteiger partial charge in [-0.05, 0) is 86.6 Å². The lowest BCUT2D eigenvalue weighted by Gasteiger charge is -2.17. The Morgan fingerprint density at radius 3 is 2.21 bits per heavy atom. The first-order valence-corrected chi connectivity index (χ1v) is 14.5. The summed E-state index contributed by atoms with van der Waals surface area (Å²) in [6.45, 7) is 5.46. The summed E-state index contributed by atoms with van der Waals surface area (Å²) in [5, 5.41) is 0.632. The number of nitrogens with zero attached hydrogens (tertiary/aromatic N) is 2. The van der Waals surface area contributed by atoms with Gasteiger partial charge in [0.25, 0.3) is 0 Å². The highest BCUT2D eigenvalue weighted by Gasteiger charge is 2.59. The fourth-order valence-electron chi connectivity index (χ4n) is 6.80. The minimum atomic E-state index is -0.615. The number of hydrogen-bond acceptors (Lipinski definition) is 6. The van der Waals surface area contributed by atoms with Gasteiger partial charge in [-0.3, -0.25) is 19.3 Å². The Labute approximate surface area is 249 Å². The standard InChI is InChI=1S/C36H30N2O5/c1-19-4-13-29-27(14-19)28(36(42)43-18-31(39)23-6-5-20(2)21(3)15-23)17-30(37-29)22-9-11-26(12-10-22)38-34(40)32-24-7-8-25(16-24)33(32)35(38)41/h4-15,17,24-25,32-33H,16,18H2,1-3H3. The second-order valence-electron chi connectivity index (χ2n) is 11.9. The maximum Gasteiger partial charge on any atom is 0.339 e. The number of benzene rings is 3. The molecule has 0 radical (unpaired) electrons. The van der Waals surface area contributed by atoms with Crippen LogP contribution in [-0.2, 0) is 14.3 Å². The Morgan fingerprint density at radius 1 is 0.837 bits per heavy atom. The number of imide groups is 1. The van der Waals surface area contributed by atoms with Crippen molar-refractivity contribution in [3.05, 3.63) is 107 Å². The molecule has 0 N–H and O–H groups in total. The third kappa shape index (κ3) is 4.47. The zero-order chi connectivity index (χ0) is 30.0. The maximum atomic E-state index is 13.4. The number of carbonyl (C=O) groups excluding carboxylic acids is 4. The van der Waals surface area contributed by atoms with E-state index in [2.05, 4.69) is 12.2 Å². The minimum absolute atomic E-state index is 0.126. The minimum Gasteiger partial charge on any atom is -0.454 e. The van der Waals surface area contributed by atoms with Crippen LogP contribution in [-0.4, -0.2) is 35.2 Å². The molecule has 3 aromatic carbocycles. The molecule has 1 saturated heterocycles. The molecular weight excluding hydrogens is 540 g/mol. The van der Waals surface area contributed by atoms with Crippen molar-refractivity contribution >= 4 is 40.2 Å². The summed E-state index contributed by atoms with van der Waals surface area (Å²) in [4.78, 5) is 58.8. The molecular formula is C36H30N2O5. The monoisotopic (exact) mass is 570 g/mol. The van der Waals surface area contributed by atoms with E-state index in [1.54, 1.807) is 42.5 Å². The van der Waals surface area contributed by atoms with Crippen molar-refractivity contribution in [1.29, 1.82) is 0 Å². The van der Waals surface area contributed by atoms with Crippen molar-refractivity contribution < 1.29 is 23.9 Å². The van der Waals surface area contributed by atoms with Crippen molar-refractivity contribution in [2.75, 3.05) is 11.5 Å². The average molecular weight is 571 g/mol. The van der Waals surface area contributed by atoms with Crippen molar-refractivity contribution in [2.45, 2.75) is 27.2 Å². The third-order valence-corrected chi connectivity index (χ3v) is 9.24. The van der Waals surface area contributed by atoms with Crippen LogP contribution >= 0.6 is 0 Å². The first kappa shape index (κ1) is 27.0. The average Bonchev–Trinajstić information content (AvgIpc) is 3.70. The van der Waals surface area contributed by atoms with Crippen molar-refractivity contribution in [1.82, 2.24) is 4.98 Å². The Morgan fingerprint density at radius 2 is 1.53 bits per heavy atom. The molecule has 2 heterocycles. The molecule has 2 fully saturated rings. The second-order valence-corrected chi connectivity index (χ2v) is 11.9. The van der Waals surface area contributed by atoms with Crippen LogP contribution in [0.1, 0.15) is 43.8 Å². The number of fused-ring (bicyclic) bond motifs is 6. The van der Waals surface area contributed by atoms with E-state index in [0.717, 1.165) is 23.1 Å². The number of aromatic nitrogens is 1. The molecule has 3 aliphatic rings. The Hall–Kier alpha value is -4.91. The van der Waals surface area contributed by atoms with Gasteiger partial charge in [0.1, 0.15) is 0 Å². The van der Waals surface area contributed by atoms with E-state index in [1.807, 2.05) is 45.0 Å². The number of ketones is 1. The number of Topliss-reactive ketones (excluding diaryl/α,β-unsaturated/α-hetero) is 1. The molecule has 7 heteroatoms. The van der Waals surface area contributed by atoms with Crippen LogP contribution in [0, 0.1) is 44.4 Å². The van der Waals surface area contributed by atoms with Crippen LogP contribution in [0.2, 0.25) is 0 Å². The summed E-state index contributed by atoms with van der Waals surface area (Å²) < 4.78 is 5.52. The molecule has 214 valence electrons. The quantitative estimate of drug-likeness (QED) is 0.119. The van der Waals surface area contributed by atoms with Crippen molar-refractivity contribution in [3.63, 3.8) is 0 Å². The highest BCUT2D eigenvalue weighted by Crippen LogP contribution is 2.53. The van der Waals surface area contributed by atoms with Crippen molar-refractivity contribution in [2.24, 2.45) is 23.7 Å². The molecule has 0 spiro atoms. The molecule has 4 unspecified atom stereocenters. The lowest BCUT2D eigenvalue weighted by molar-refractivity contribution is -0.123. The van der Waals surface area contributed by atoms with Gasteiger partial charge in [-0.25, -0.2) is 9.78 Å².